The van der Waals surface area contributed by atoms with Gasteiger partial charge in [0.2, 0.25) is 5.91 Å². The van der Waals surface area contributed by atoms with E-state index in [0.717, 1.165) is 6.54 Å². The number of nitrogens with zero attached hydrogens (tertiary/aromatic N) is 1. The van der Waals surface area contributed by atoms with Gasteiger partial charge in [0.15, 0.2) is 0 Å². The van der Waals surface area contributed by atoms with Crippen LogP contribution in [-0.2, 0) is 17.9 Å². The third kappa shape index (κ3) is 4.15. The van der Waals surface area contributed by atoms with Gasteiger partial charge in [-0.15, -0.1) is 0 Å². The van der Waals surface area contributed by atoms with Crippen molar-refractivity contribution in [2.45, 2.75) is 39.3 Å². The smallest absolute Gasteiger partial charge is 0.217 e. The van der Waals surface area contributed by atoms with E-state index in [4.69, 9.17) is 0 Å². The summed E-state index contributed by atoms with van der Waals surface area (Å²) >= 11 is 0. The van der Waals surface area contributed by atoms with Gasteiger partial charge >= 0.3 is 0 Å². The summed E-state index contributed by atoms with van der Waals surface area (Å²) in [5, 5.41) is 2.84. The number of hydrogen-bond acceptors (Lipinski definition) is 2. The molecular formula is C15H22N2O. The number of rotatable bonds is 4. The minimum absolute atomic E-state index is 0.0245. The first kappa shape index (κ1) is 13.1. The maximum Gasteiger partial charge on any atom is 0.217 e. The van der Waals surface area contributed by atoms with Crippen molar-refractivity contribution in [2.24, 2.45) is 0 Å². The fourth-order valence-electron chi connectivity index (χ4n) is 2.44. The van der Waals surface area contributed by atoms with E-state index >= 15 is 0 Å². The molecule has 2 rings (SSSR count). The molecule has 3 nitrogen and oxygen atoms in total. The van der Waals surface area contributed by atoms with Crippen LogP contribution in [0, 0.1) is 0 Å². The number of hydrogen-bond donors (Lipinski definition) is 1. The average molecular weight is 246 g/mol. The number of piperidine rings is 1. The Bertz CT molecular complexity index is 397. The van der Waals surface area contributed by atoms with Gasteiger partial charge in [-0.3, -0.25) is 9.69 Å². The van der Waals surface area contributed by atoms with Crippen LogP contribution in [0.5, 0.6) is 0 Å². The number of amides is 1. The molecule has 0 aromatic heterocycles. The summed E-state index contributed by atoms with van der Waals surface area (Å²) in [5.74, 6) is 0.0245. The van der Waals surface area contributed by atoms with Crippen molar-refractivity contribution in [3.05, 3.63) is 35.4 Å². The van der Waals surface area contributed by atoms with E-state index < -0.39 is 0 Å². The summed E-state index contributed by atoms with van der Waals surface area (Å²) < 4.78 is 0. The van der Waals surface area contributed by atoms with Crippen LogP contribution >= 0.6 is 0 Å². The third-order valence-corrected chi connectivity index (χ3v) is 3.39. The molecule has 1 aliphatic heterocycles. The summed E-state index contributed by atoms with van der Waals surface area (Å²) in [4.78, 5) is 13.4. The molecule has 3 heteroatoms. The maximum absolute atomic E-state index is 10.9. The summed E-state index contributed by atoms with van der Waals surface area (Å²) in [6, 6.07) is 8.52. The van der Waals surface area contributed by atoms with E-state index in [9.17, 15) is 4.79 Å². The van der Waals surface area contributed by atoms with Gasteiger partial charge < -0.3 is 5.32 Å². The minimum atomic E-state index is 0.0245. The molecule has 1 heterocycles. The molecule has 0 saturated carbocycles. The first-order chi connectivity index (χ1) is 8.74. The molecule has 1 saturated heterocycles. The van der Waals surface area contributed by atoms with Gasteiger partial charge in [0, 0.05) is 20.0 Å². The molecule has 0 unspecified atom stereocenters. The highest BCUT2D eigenvalue weighted by Gasteiger charge is 2.10. The zero-order valence-electron chi connectivity index (χ0n) is 11.1. The van der Waals surface area contributed by atoms with Gasteiger partial charge in [-0.25, -0.2) is 0 Å². The van der Waals surface area contributed by atoms with Crippen LogP contribution in [0.3, 0.4) is 0 Å². The number of carbonyl (C=O) groups is 1. The molecule has 18 heavy (non-hydrogen) atoms. The lowest BCUT2D eigenvalue weighted by Crippen LogP contribution is -2.29. The van der Waals surface area contributed by atoms with E-state index in [1.54, 1.807) is 6.92 Å². The molecule has 0 radical (unpaired) electrons. The van der Waals surface area contributed by atoms with Crippen LogP contribution in [0.4, 0.5) is 0 Å². The largest absolute Gasteiger partial charge is 0.352 e. The van der Waals surface area contributed by atoms with Crippen molar-refractivity contribution in [2.75, 3.05) is 13.1 Å². The Morgan fingerprint density at radius 1 is 1.22 bits per heavy atom. The van der Waals surface area contributed by atoms with Crippen molar-refractivity contribution in [1.82, 2.24) is 10.2 Å². The van der Waals surface area contributed by atoms with E-state index in [-0.39, 0.29) is 5.91 Å². The maximum atomic E-state index is 10.9. The fourth-order valence-corrected chi connectivity index (χ4v) is 2.44. The number of likely N-dealkylation sites (tertiary alicyclic amines) is 1. The summed E-state index contributed by atoms with van der Waals surface area (Å²) in [6.07, 6.45) is 4.02. The second-order valence-corrected chi connectivity index (χ2v) is 5.07. The molecule has 0 atom stereocenters. The van der Waals surface area contributed by atoms with E-state index in [2.05, 4.69) is 34.5 Å². The lowest BCUT2D eigenvalue weighted by molar-refractivity contribution is -0.119. The van der Waals surface area contributed by atoms with E-state index in [1.807, 2.05) is 0 Å². The van der Waals surface area contributed by atoms with E-state index in [0.29, 0.717) is 6.54 Å². The second kappa shape index (κ2) is 6.55. The molecule has 0 spiro atoms. The van der Waals surface area contributed by atoms with Gasteiger partial charge in [0.25, 0.3) is 0 Å². The molecule has 98 valence electrons. The lowest BCUT2D eigenvalue weighted by Gasteiger charge is -2.26. The molecule has 1 aromatic carbocycles. The van der Waals surface area contributed by atoms with Crippen LogP contribution in [0.2, 0.25) is 0 Å². The van der Waals surface area contributed by atoms with Crippen LogP contribution in [0.15, 0.2) is 24.3 Å². The second-order valence-electron chi connectivity index (χ2n) is 5.07. The minimum Gasteiger partial charge on any atom is -0.352 e. The molecule has 0 bridgehead atoms. The molecule has 1 aliphatic rings. The van der Waals surface area contributed by atoms with Crippen molar-refractivity contribution in [3.63, 3.8) is 0 Å². The van der Waals surface area contributed by atoms with Crippen molar-refractivity contribution in [3.8, 4) is 0 Å². The van der Waals surface area contributed by atoms with Crippen molar-refractivity contribution >= 4 is 5.91 Å². The number of carbonyl (C=O) groups excluding carboxylic acids is 1. The molecule has 1 N–H and O–H groups in total. The van der Waals surface area contributed by atoms with Gasteiger partial charge in [-0.05, 0) is 37.1 Å². The molecule has 1 fully saturated rings. The third-order valence-electron chi connectivity index (χ3n) is 3.39. The van der Waals surface area contributed by atoms with Gasteiger partial charge in [0.1, 0.15) is 0 Å². The Kier molecular flexibility index (Phi) is 4.76. The van der Waals surface area contributed by atoms with Crippen molar-refractivity contribution < 1.29 is 4.79 Å². The van der Waals surface area contributed by atoms with Crippen LogP contribution in [0.1, 0.15) is 37.3 Å². The van der Waals surface area contributed by atoms with Crippen LogP contribution < -0.4 is 5.32 Å². The highest BCUT2D eigenvalue weighted by molar-refractivity contribution is 5.72. The molecular weight excluding hydrogens is 224 g/mol. The van der Waals surface area contributed by atoms with Crippen LogP contribution in [-0.4, -0.2) is 23.9 Å². The Morgan fingerprint density at radius 2 is 1.94 bits per heavy atom. The number of nitrogens with one attached hydrogen (secondary N) is 1. The van der Waals surface area contributed by atoms with Gasteiger partial charge in [-0.2, -0.15) is 0 Å². The quantitative estimate of drug-likeness (QED) is 0.884. The number of benzene rings is 1. The van der Waals surface area contributed by atoms with Crippen LogP contribution in [0.25, 0.3) is 0 Å². The lowest BCUT2D eigenvalue weighted by atomic mass is 10.1. The standard InChI is InChI=1S/C15H22N2O/c1-13(18)16-11-14-6-5-7-15(10-14)12-17-8-3-2-4-9-17/h5-7,10H,2-4,8-9,11-12H2,1H3,(H,16,18). The zero-order chi connectivity index (χ0) is 12.8. The Morgan fingerprint density at radius 3 is 2.67 bits per heavy atom. The Hall–Kier alpha value is -1.35. The normalized spacial score (nSPS) is 16.5. The highest BCUT2D eigenvalue weighted by Crippen LogP contribution is 2.14. The SMILES string of the molecule is CC(=O)NCc1cccc(CN2CCCCC2)c1. The Balaban J connectivity index is 1.91. The predicted octanol–water partition coefficient (Wildman–Crippen LogP) is 2.31. The average Bonchev–Trinajstić information content (AvgIpc) is 2.38. The summed E-state index contributed by atoms with van der Waals surface area (Å²) in [7, 11) is 0. The van der Waals surface area contributed by atoms with Gasteiger partial charge in [0.05, 0.1) is 0 Å². The summed E-state index contributed by atoms with van der Waals surface area (Å²) in [6.45, 7) is 5.65. The molecule has 1 aromatic rings. The monoisotopic (exact) mass is 246 g/mol. The van der Waals surface area contributed by atoms with Gasteiger partial charge in [-0.1, -0.05) is 30.7 Å². The fraction of sp³-hybridized carbons (Fsp3) is 0.533. The van der Waals surface area contributed by atoms with Crippen molar-refractivity contribution in [1.29, 1.82) is 0 Å². The zero-order valence-corrected chi connectivity index (χ0v) is 11.1. The first-order valence-electron chi connectivity index (χ1n) is 6.78. The summed E-state index contributed by atoms with van der Waals surface area (Å²) in [5.41, 5.74) is 2.53. The van der Waals surface area contributed by atoms with E-state index in [1.165, 1.54) is 43.5 Å². The molecule has 0 aliphatic carbocycles. The Labute approximate surface area is 109 Å². The highest BCUT2D eigenvalue weighted by atomic mass is 16.1. The predicted molar refractivity (Wildman–Crippen MR) is 73.1 cm³/mol. The topological polar surface area (TPSA) is 32.3 Å². The first-order valence-corrected chi connectivity index (χ1v) is 6.78. The molecule has 1 amide bonds.